The second-order valence-electron chi connectivity index (χ2n) is 3.94. The molecule has 0 aromatic heterocycles. The Morgan fingerprint density at radius 1 is 0.947 bits per heavy atom. The van der Waals surface area contributed by atoms with Gasteiger partial charge < -0.3 is 5.73 Å². The molecule has 2 N–H and O–H groups in total. The third-order valence-corrected chi connectivity index (χ3v) is 3.18. The van der Waals surface area contributed by atoms with Crippen molar-refractivity contribution >= 4 is 46.3 Å². The van der Waals surface area contributed by atoms with Gasteiger partial charge in [-0.25, -0.2) is 4.99 Å². The summed E-state index contributed by atoms with van der Waals surface area (Å²) in [6, 6.07) is 13.0. The van der Waals surface area contributed by atoms with Crippen molar-refractivity contribution in [3.8, 4) is 11.1 Å². The summed E-state index contributed by atoms with van der Waals surface area (Å²) in [6.45, 7) is 0. The lowest BCUT2D eigenvalue weighted by atomic mass is 10.1. The third-order valence-electron chi connectivity index (χ3n) is 2.47. The molecular weight excluding hydrogens is 303 g/mol. The highest BCUT2D eigenvalue weighted by atomic mass is 35.5. The number of benzene rings is 2. The van der Waals surface area contributed by atoms with Gasteiger partial charge in [0.25, 0.3) is 0 Å². The smallest absolute Gasteiger partial charge is 0.115 e. The Balaban J connectivity index is 2.32. The number of nitrogens with zero attached hydrogens (tertiary/aromatic N) is 1. The van der Waals surface area contributed by atoms with Crippen LogP contribution in [0.25, 0.3) is 11.1 Å². The lowest BCUT2D eigenvalue weighted by Gasteiger charge is -2.04. The predicted molar refractivity (Wildman–Crippen MR) is 83.9 cm³/mol. The van der Waals surface area contributed by atoms with Gasteiger partial charge >= 0.3 is 0 Å². The summed E-state index contributed by atoms with van der Waals surface area (Å²) in [7, 11) is 0. The van der Waals surface area contributed by atoms with E-state index >= 15 is 0 Å². The van der Waals surface area contributed by atoms with Crippen LogP contribution < -0.4 is 5.73 Å². The molecule has 0 spiro atoms. The first kappa shape index (κ1) is 14.2. The van der Waals surface area contributed by atoms with E-state index in [1.165, 1.54) is 0 Å². The Bertz CT molecular complexity index is 586. The van der Waals surface area contributed by atoms with Gasteiger partial charge in [-0.15, -0.1) is 11.6 Å². The van der Waals surface area contributed by atoms with Gasteiger partial charge in [-0.3, -0.25) is 0 Å². The van der Waals surface area contributed by atoms with E-state index in [-0.39, 0.29) is 5.88 Å². The molecule has 0 amide bonds. The number of nitrogens with two attached hydrogens (primary N) is 1. The van der Waals surface area contributed by atoms with Crippen LogP contribution in [0.4, 0.5) is 5.69 Å². The molecule has 0 fully saturated rings. The minimum atomic E-state index is 0.214. The van der Waals surface area contributed by atoms with Crippen molar-refractivity contribution in [1.82, 2.24) is 0 Å². The summed E-state index contributed by atoms with van der Waals surface area (Å²) in [5.41, 5.74) is 8.30. The first-order valence-corrected chi connectivity index (χ1v) is 6.83. The molecule has 0 aliphatic rings. The van der Waals surface area contributed by atoms with Gasteiger partial charge in [-0.1, -0.05) is 35.3 Å². The molecule has 2 aromatic rings. The second kappa shape index (κ2) is 6.29. The van der Waals surface area contributed by atoms with E-state index in [4.69, 9.17) is 40.5 Å². The van der Waals surface area contributed by atoms with Crippen molar-refractivity contribution < 1.29 is 0 Å². The molecule has 19 heavy (non-hydrogen) atoms. The maximum Gasteiger partial charge on any atom is 0.115 e. The largest absolute Gasteiger partial charge is 0.386 e. The standard InChI is InChI=1S/C14H11Cl3N2/c15-8-14(18)19-13-3-1-9(2-4-13)10-5-11(16)7-12(17)6-10/h1-7H,8H2,(H2,18,19). The number of amidine groups is 1. The molecule has 0 heterocycles. The first-order chi connectivity index (χ1) is 9.08. The minimum absolute atomic E-state index is 0.214. The summed E-state index contributed by atoms with van der Waals surface area (Å²) in [6.07, 6.45) is 0. The summed E-state index contributed by atoms with van der Waals surface area (Å²) in [4.78, 5) is 4.16. The number of rotatable bonds is 3. The zero-order chi connectivity index (χ0) is 13.8. The van der Waals surface area contributed by atoms with Crippen LogP contribution in [0.5, 0.6) is 0 Å². The molecule has 0 bridgehead atoms. The monoisotopic (exact) mass is 312 g/mol. The maximum atomic E-state index is 5.98. The fourth-order valence-corrected chi connectivity index (χ4v) is 2.23. The topological polar surface area (TPSA) is 38.4 Å². The number of hydrogen-bond acceptors (Lipinski definition) is 1. The molecule has 0 radical (unpaired) electrons. The van der Waals surface area contributed by atoms with Gasteiger partial charge in [0.2, 0.25) is 0 Å². The molecule has 0 saturated carbocycles. The van der Waals surface area contributed by atoms with Crippen LogP contribution in [-0.2, 0) is 0 Å². The van der Waals surface area contributed by atoms with Gasteiger partial charge in [0, 0.05) is 10.0 Å². The van der Waals surface area contributed by atoms with Gasteiger partial charge in [0.15, 0.2) is 0 Å². The third kappa shape index (κ3) is 3.87. The highest BCUT2D eigenvalue weighted by molar-refractivity contribution is 6.35. The molecule has 2 rings (SSSR count). The molecule has 0 unspecified atom stereocenters. The fraction of sp³-hybridized carbons (Fsp3) is 0.0714. The molecule has 2 nitrogen and oxygen atoms in total. The van der Waals surface area contributed by atoms with Crippen molar-refractivity contribution in [2.45, 2.75) is 0 Å². The number of alkyl halides is 1. The van der Waals surface area contributed by atoms with E-state index in [9.17, 15) is 0 Å². The lowest BCUT2D eigenvalue weighted by molar-refractivity contribution is 1.45. The lowest BCUT2D eigenvalue weighted by Crippen LogP contribution is -2.12. The fourth-order valence-electron chi connectivity index (χ4n) is 1.64. The quantitative estimate of drug-likeness (QED) is 0.489. The summed E-state index contributed by atoms with van der Waals surface area (Å²) in [5, 5.41) is 1.21. The summed E-state index contributed by atoms with van der Waals surface area (Å²) in [5.74, 6) is 0.603. The Morgan fingerprint density at radius 3 is 2.05 bits per heavy atom. The van der Waals surface area contributed by atoms with Crippen LogP contribution in [0.15, 0.2) is 47.5 Å². The highest BCUT2D eigenvalue weighted by Gasteiger charge is 2.02. The van der Waals surface area contributed by atoms with Crippen LogP contribution in [-0.4, -0.2) is 11.7 Å². The molecule has 5 heteroatoms. The molecule has 98 valence electrons. The Labute approximate surface area is 126 Å². The average Bonchev–Trinajstić information content (AvgIpc) is 2.38. The Hall–Kier alpha value is -1.22. The van der Waals surface area contributed by atoms with Crippen LogP contribution in [0.1, 0.15) is 0 Å². The zero-order valence-corrected chi connectivity index (χ0v) is 12.2. The molecular formula is C14H11Cl3N2. The molecule has 0 aliphatic carbocycles. The second-order valence-corrected chi connectivity index (χ2v) is 5.08. The van der Waals surface area contributed by atoms with E-state index in [0.717, 1.165) is 16.8 Å². The molecule has 2 aromatic carbocycles. The number of aliphatic imine (C=N–C) groups is 1. The zero-order valence-electron chi connectivity index (χ0n) is 9.91. The Morgan fingerprint density at radius 2 is 1.53 bits per heavy atom. The normalized spacial score (nSPS) is 11.6. The van der Waals surface area contributed by atoms with Crippen molar-refractivity contribution in [3.05, 3.63) is 52.5 Å². The molecule has 0 saturated heterocycles. The van der Waals surface area contributed by atoms with Gasteiger partial charge in [-0.2, -0.15) is 0 Å². The predicted octanol–water partition coefficient (Wildman–Crippen LogP) is 4.89. The van der Waals surface area contributed by atoms with Gasteiger partial charge in [-0.05, 0) is 41.5 Å². The SMILES string of the molecule is NC(CCl)=Nc1ccc(-c2cc(Cl)cc(Cl)c2)cc1. The molecule has 0 atom stereocenters. The van der Waals surface area contributed by atoms with E-state index in [2.05, 4.69) is 4.99 Å². The average molecular weight is 314 g/mol. The molecule has 0 aliphatic heterocycles. The maximum absolute atomic E-state index is 5.98. The summed E-state index contributed by atoms with van der Waals surface area (Å²) < 4.78 is 0. The van der Waals surface area contributed by atoms with Gasteiger partial charge in [0.1, 0.15) is 5.84 Å². The van der Waals surface area contributed by atoms with Crippen LogP contribution >= 0.6 is 34.8 Å². The van der Waals surface area contributed by atoms with Crippen molar-refractivity contribution in [2.75, 3.05) is 5.88 Å². The van der Waals surface area contributed by atoms with E-state index in [1.807, 2.05) is 36.4 Å². The van der Waals surface area contributed by atoms with Crippen LogP contribution in [0, 0.1) is 0 Å². The van der Waals surface area contributed by atoms with Crippen LogP contribution in [0.3, 0.4) is 0 Å². The van der Waals surface area contributed by atoms with Crippen molar-refractivity contribution in [1.29, 1.82) is 0 Å². The van der Waals surface area contributed by atoms with Crippen LogP contribution in [0.2, 0.25) is 10.0 Å². The van der Waals surface area contributed by atoms with Crippen molar-refractivity contribution in [3.63, 3.8) is 0 Å². The first-order valence-electron chi connectivity index (χ1n) is 5.54. The van der Waals surface area contributed by atoms with E-state index in [1.54, 1.807) is 6.07 Å². The van der Waals surface area contributed by atoms with Crippen molar-refractivity contribution in [2.24, 2.45) is 10.7 Å². The highest BCUT2D eigenvalue weighted by Crippen LogP contribution is 2.28. The summed E-state index contributed by atoms with van der Waals surface area (Å²) >= 11 is 17.5. The number of halogens is 3. The minimum Gasteiger partial charge on any atom is -0.386 e. The van der Waals surface area contributed by atoms with Gasteiger partial charge in [0.05, 0.1) is 11.6 Å². The Kier molecular flexibility index (Phi) is 4.70. The number of hydrogen-bond donors (Lipinski definition) is 1. The van der Waals surface area contributed by atoms with E-state index < -0.39 is 0 Å². The van der Waals surface area contributed by atoms with E-state index in [0.29, 0.717) is 15.9 Å².